The van der Waals surface area contributed by atoms with Crippen molar-refractivity contribution in [2.75, 3.05) is 4.72 Å². The van der Waals surface area contributed by atoms with Crippen molar-refractivity contribution in [2.45, 2.75) is 19.6 Å². The Bertz CT molecular complexity index is 930. The van der Waals surface area contributed by atoms with Crippen LogP contribution in [0.4, 0.5) is 5.69 Å². The average molecular weight is 342 g/mol. The number of aryl methyl sites for hydroxylation is 2. The van der Waals surface area contributed by atoms with Gasteiger partial charge < -0.3 is 4.42 Å². The molecule has 0 fully saturated rings. The van der Waals surface area contributed by atoms with E-state index < -0.39 is 10.0 Å². The number of nitrogens with one attached hydrogen (secondary N) is 1. The number of aromatic nitrogens is 1. The average Bonchev–Trinajstić information content (AvgIpc) is 2.87. The molecule has 3 aromatic rings. The van der Waals surface area contributed by atoms with Gasteiger partial charge in [-0.3, -0.25) is 4.72 Å². The van der Waals surface area contributed by atoms with E-state index in [1.165, 1.54) is 0 Å². The summed E-state index contributed by atoms with van der Waals surface area (Å²) >= 11 is 0. The Morgan fingerprint density at radius 3 is 2.25 bits per heavy atom. The van der Waals surface area contributed by atoms with Gasteiger partial charge in [-0.2, -0.15) is 0 Å². The molecule has 0 aliphatic rings. The van der Waals surface area contributed by atoms with E-state index in [0.29, 0.717) is 11.6 Å². The summed E-state index contributed by atoms with van der Waals surface area (Å²) in [5, 5.41) is 0. The first-order valence-corrected chi connectivity index (χ1v) is 9.17. The zero-order valence-corrected chi connectivity index (χ0v) is 14.3. The van der Waals surface area contributed by atoms with Crippen molar-refractivity contribution in [3.05, 3.63) is 71.8 Å². The number of anilines is 1. The van der Waals surface area contributed by atoms with Crippen molar-refractivity contribution in [3.8, 4) is 11.3 Å². The highest BCUT2D eigenvalue weighted by Crippen LogP contribution is 2.25. The standard InChI is InChI=1S/C18H18N2O3S/c1-13-18(19-14(2)23-13)16-8-10-17(11-9-16)20-24(21,22)12-15-6-4-3-5-7-15/h3-11,20H,12H2,1-2H3. The van der Waals surface area contributed by atoms with Crippen molar-refractivity contribution >= 4 is 15.7 Å². The Balaban J connectivity index is 1.75. The maximum absolute atomic E-state index is 12.2. The second kappa shape index (κ2) is 6.49. The summed E-state index contributed by atoms with van der Waals surface area (Å²) < 4.78 is 32.5. The Hall–Kier alpha value is -2.60. The number of sulfonamides is 1. The molecule has 0 radical (unpaired) electrons. The summed E-state index contributed by atoms with van der Waals surface area (Å²) in [4.78, 5) is 4.34. The van der Waals surface area contributed by atoms with Gasteiger partial charge in [-0.25, -0.2) is 13.4 Å². The molecule has 0 unspecified atom stereocenters. The zero-order chi connectivity index (χ0) is 17.2. The van der Waals surface area contributed by atoms with Crippen LogP contribution in [0.5, 0.6) is 0 Å². The third-order valence-electron chi connectivity index (χ3n) is 3.53. The van der Waals surface area contributed by atoms with Crippen LogP contribution in [0.1, 0.15) is 17.2 Å². The molecule has 24 heavy (non-hydrogen) atoms. The number of hydrogen-bond acceptors (Lipinski definition) is 4. The predicted octanol–water partition coefficient (Wildman–Crippen LogP) is 3.90. The molecule has 0 amide bonds. The summed E-state index contributed by atoms with van der Waals surface area (Å²) in [5.74, 6) is 1.29. The van der Waals surface area contributed by atoms with Gasteiger partial charge >= 0.3 is 0 Å². The van der Waals surface area contributed by atoms with Gasteiger partial charge in [-0.1, -0.05) is 42.5 Å². The second-order valence-corrected chi connectivity index (χ2v) is 7.28. The SMILES string of the molecule is Cc1nc(-c2ccc(NS(=O)(=O)Cc3ccccc3)cc2)c(C)o1. The van der Waals surface area contributed by atoms with E-state index in [2.05, 4.69) is 9.71 Å². The van der Waals surface area contributed by atoms with Gasteiger partial charge in [0.25, 0.3) is 0 Å². The predicted molar refractivity (Wildman–Crippen MR) is 94.1 cm³/mol. The summed E-state index contributed by atoms with van der Waals surface area (Å²) in [6.07, 6.45) is 0. The van der Waals surface area contributed by atoms with Crippen molar-refractivity contribution in [3.63, 3.8) is 0 Å². The molecule has 0 spiro atoms. The third-order valence-corrected chi connectivity index (χ3v) is 4.79. The molecule has 1 N–H and O–H groups in total. The van der Waals surface area contributed by atoms with Crippen LogP contribution in [-0.2, 0) is 15.8 Å². The summed E-state index contributed by atoms with van der Waals surface area (Å²) in [6, 6.07) is 16.2. The van der Waals surface area contributed by atoms with Crippen LogP contribution < -0.4 is 4.72 Å². The largest absolute Gasteiger partial charge is 0.446 e. The van der Waals surface area contributed by atoms with Crippen LogP contribution in [0, 0.1) is 13.8 Å². The summed E-state index contributed by atoms with van der Waals surface area (Å²) in [5.41, 5.74) is 2.92. The Labute approximate surface area is 141 Å². The molecule has 124 valence electrons. The van der Waals surface area contributed by atoms with Gasteiger partial charge in [0.1, 0.15) is 11.5 Å². The zero-order valence-electron chi connectivity index (χ0n) is 13.5. The number of nitrogens with zero attached hydrogens (tertiary/aromatic N) is 1. The van der Waals surface area contributed by atoms with Gasteiger partial charge in [0.2, 0.25) is 10.0 Å². The molecule has 0 aliphatic heterocycles. The molecule has 0 saturated carbocycles. The summed E-state index contributed by atoms with van der Waals surface area (Å²) in [7, 11) is -3.45. The minimum absolute atomic E-state index is 0.0584. The molecule has 6 heteroatoms. The molecular weight excluding hydrogens is 324 g/mol. The van der Waals surface area contributed by atoms with Gasteiger partial charge in [0.05, 0.1) is 5.75 Å². The second-order valence-electron chi connectivity index (χ2n) is 5.56. The fourth-order valence-corrected chi connectivity index (χ4v) is 3.70. The van der Waals surface area contributed by atoms with Gasteiger partial charge in [0.15, 0.2) is 5.89 Å². The fourth-order valence-electron chi connectivity index (χ4n) is 2.50. The fraction of sp³-hybridized carbons (Fsp3) is 0.167. The van der Waals surface area contributed by atoms with E-state index in [9.17, 15) is 8.42 Å². The number of oxazole rings is 1. The van der Waals surface area contributed by atoms with E-state index in [0.717, 1.165) is 22.6 Å². The molecule has 0 aliphatic carbocycles. The molecule has 5 nitrogen and oxygen atoms in total. The minimum atomic E-state index is -3.45. The normalized spacial score (nSPS) is 11.4. The first-order valence-electron chi connectivity index (χ1n) is 7.52. The molecule has 2 aromatic carbocycles. The van der Waals surface area contributed by atoms with Crippen molar-refractivity contribution in [2.24, 2.45) is 0 Å². The van der Waals surface area contributed by atoms with Crippen LogP contribution in [0.2, 0.25) is 0 Å². The van der Waals surface area contributed by atoms with Gasteiger partial charge in [-0.05, 0) is 24.6 Å². The molecule has 3 rings (SSSR count). The molecule has 0 atom stereocenters. The molecule has 1 aromatic heterocycles. The van der Waals surface area contributed by atoms with Crippen molar-refractivity contribution in [1.82, 2.24) is 4.98 Å². The van der Waals surface area contributed by atoms with Crippen LogP contribution in [0.25, 0.3) is 11.3 Å². The quantitative estimate of drug-likeness (QED) is 0.763. The van der Waals surface area contributed by atoms with Crippen molar-refractivity contribution < 1.29 is 12.8 Å². The van der Waals surface area contributed by atoms with E-state index in [4.69, 9.17) is 4.42 Å². The lowest BCUT2D eigenvalue weighted by molar-refractivity contribution is 0.495. The van der Waals surface area contributed by atoms with Crippen LogP contribution in [0.15, 0.2) is 59.0 Å². The van der Waals surface area contributed by atoms with Crippen LogP contribution >= 0.6 is 0 Å². The Kier molecular flexibility index (Phi) is 4.40. The Morgan fingerprint density at radius 2 is 1.67 bits per heavy atom. The molecule has 0 saturated heterocycles. The smallest absolute Gasteiger partial charge is 0.236 e. The maximum atomic E-state index is 12.2. The van der Waals surface area contributed by atoms with E-state index in [-0.39, 0.29) is 5.75 Å². The Morgan fingerprint density at radius 1 is 1.00 bits per heavy atom. The number of benzene rings is 2. The van der Waals surface area contributed by atoms with Crippen LogP contribution in [0.3, 0.4) is 0 Å². The topological polar surface area (TPSA) is 72.2 Å². The van der Waals surface area contributed by atoms with Gasteiger partial charge in [-0.15, -0.1) is 0 Å². The molecule has 0 bridgehead atoms. The maximum Gasteiger partial charge on any atom is 0.236 e. The highest BCUT2D eigenvalue weighted by molar-refractivity contribution is 7.91. The van der Waals surface area contributed by atoms with Crippen molar-refractivity contribution in [1.29, 1.82) is 0 Å². The van der Waals surface area contributed by atoms with Crippen LogP contribution in [-0.4, -0.2) is 13.4 Å². The summed E-state index contributed by atoms with van der Waals surface area (Å²) in [6.45, 7) is 3.65. The highest BCUT2D eigenvalue weighted by atomic mass is 32.2. The van der Waals surface area contributed by atoms with E-state index >= 15 is 0 Å². The van der Waals surface area contributed by atoms with Gasteiger partial charge in [0, 0.05) is 18.2 Å². The molecule has 1 heterocycles. The first-order chi connectivity index (χ1) is 11.4. The number of hydrogen-bond donors (Lipinski definition) is 1. The van der Waals surface area contributed by atoms with E-state index in [1.54, 1.807) is 31.2 Å². The first kappa shape index (κ1) is 16.3. The lowest BCUT2D eigenvalue weighted by atomic mass is 10.1. The monoisotopic (exact) mass is 342 g/mol. The molecular formula is C18H18N2O3S. The lowest BCUT2D eigenvalue weighted by Crippen LogP contribution is -2.14. The number of rotatable bonds is 5. The lowest BCUT2D eigenvalue weighted by Gasteiger charge is -2.08. The highest BCUT2D eigenvalue weighted by Gasteiger charge is 2.13. The van der Waals surface area contributed by atoms with E-state index in [1.807, 2.05) is 37.3 Å². The minimum Gasteiger partial charge on any atom is -0.446 e. The third kappa shape index (κ3) is 3.83.